The zero-order valence-electron chi connectivity index (χ0n) is 13.4. The molecule has 3 amide bonds. The van der Waals surface area contributed by atoms with Gasteiger partial charge in [0.1, 0.15) is 0 Å². The van der Waals surface area contributed by atoms with E-state index in [2.05, 4.69) is 10.6 Å². The first-order valence-electron chi connectivity index (χ1n) is 8.18. The van der Waals surface area contributed by atoms with Crippen molar-refractivity contribution >= 4 is 29.0 Å². The van der Waals surface area contributed by atoms with E-state index in [1.807, 2.05) is 52.7 Å². The normalized spacial score (nSPS) is 17.3. The second-order valence-electron chi connectivity index (χ2n) is 5.83. The van der Waals surface area contributed by atoms with Gasteiger partial charge >= 0.3 is 6.03 Å². The summed E-state index contributed by atoms with van der Waals surface area (Å²) < 4.78 is 0. The van der Waals surface area contributed by atoms with E-state index in [1.54, 1.807) is 0 Å². The Morgan fingerprint density at radius 2 is 1.96 bits per heavy atom. The van der Waals surface area contributed by atoms with Crippen molar-refractivity contribution in [2.75, 3.05) is 18.4 Å². The lowest BCUT2D eigenvalue weighted by molar-refractivity contribution is 0.0620. The molecular formula is C18H21N3O2S. The summed E-state index contributed by atoms with van der Waals surface area (Å²) in [6, 6.07) is 12.9. The number of urea groups is 1. The molecule has 1 atom stereocenters. The molecule has 1 aromatic heterocycles. The molecule has 1 fully saturated rings. The molecule has 5 nitrogen and oxygen atoms in total. The van der Waals surface area contributed by atoms with Crippen LogP contribution in [-0.4, -0.2) is 36.0 Å². The number of nitrogens with one attached hydrogen (secondary N) is 2. The molecule has 2 heterocycles. The van der Waals surface area contributed by atoms with Crippen molar-refractivity contribution in [3.8, 4) is 0 Å². The minimum atomic E-state index is -0.240. The third-order valence-corrected chi connectivity index (χ3v) is 5.01. The van der Waals surface area contributed by atoms with Crippen molar-refractivity contribution in [3.63, 3.8) is 0 Å². The minimum absolute atomic E-state index is 0.0508. The average Bonchev–Trinajstić information content (AvgIpc) is 3.15. The lowest BCUT2D eigenvalue weighted by Crippen LogP contribution is -2.49. The number of hydrogen-bond acceptors (Lipinski definition) is 3. The second-order valence-corrected chi connectivity index (χ2v) is 6.77. The standard InChI is InChI=1S/C18H21N3O2S/c22-17(16-10-6-12-24-16)21-11-5-4-9-15(21)13-19-18(23)20-14-7-2-1-3-8-14/h1-3,6-8,10,12,15H,4-5,9,11,13H2,(H2,19,20,23). The fraction of sp³-hybridized carbons (Fsp3) is 0.333. The summed E-state index contributed by atoms with van der Waals surface area (Å²) >= 11 is 1.46. The quantitative estimate of drug-likeness (QED) is 0.891. The fourth-order valence-electron chi connectivity index (χ4n) is 2.93. The fourth-order valence-corrected chi connectivity index (χ4v) is 3.61. The number of piperidine rings is 1. The zero-order valence-corrected chi connectivity index (χ0v) is 14.2. The number of hydrogen-bond donors (Lipinski definition) is 2. The van der Waals surface area contributed by atoms with Crippen molar-refractivity contribution in [3.05, 3.63) is 52.7 Å². The van der Waals surface area contributed by atoms with E-state index in [0.29, 0.717) is 6.54 Å². The first-order valence-corrected chi connectivity index (χ1v) is 9.06. The Bertz CT molecular complexity index is 673. The van der Waals surface area contributed by atoms with Gasteiger partial charge in [-0.2, -0.15) is 0 Å². The predicted octanol–water partition coefficient (Wildman–Crippen LogP) is 3.56. The highest BCUT2D eigenvalue weighted by molar-refractivity contribution is 7.12. The maximum Gasteiger partial charge on any atom is 0.319 e. The summed E-state index contributed by atoms with van der Waals surface area (Å²) in [6.45, 7) is 1.22. The molecule has 0 radical (unpaired) electrons. The third-order valence-electron chi connectivity index (χ3n) is 4.15. The second kappa shape index (κ2) is 7.97. The van der Waals surface area contributed by atoms with Gasteiger partial charge in [-0.15, -0.1) is 11.3 Å². The largest absolute Gasteiger partial charge is 0.336 e. The number of anilines is 1. The van der Waals surface area contributed by atoms with Crippen molar-refractivity contribution in [2.24, 2.45) is 0 Å². The molecule has 0 aliphatic carbocycles. The van der Waals surface area contributed by atoms with Gasteiger partial charge < -0.3 is 15.5 Å². The van der Waals surface area contributed by atoms with Gasteiger partial charge in [-0.25, -0.2) is 4.79 Å². The molecule has 0 spiro atoms. The van der Waals surface area contributed by atoms with E-state index in [-0.39, 0.29) is 18.0 Å². The van der Waals surface area contributed by atoms with Crippen LogP contribution in [0.15, 0.2) is 47.8 Å². The number of amides is 3. The number of nitrogens with zero attached hydrogens (tertiary/aromatic N) is 1. The summed E-state index contributed by atoms with van der Waals surface area (Å²) in [4.78, 5) is 27.3. The first-order chi connectivity index (χ1) is 11.7. The number of carbonyl (C=O) groups excluding carboxylic acids is 2. The van der Waals surface area contributed by atoms with Crippen LogP contribution >= 0.6 is 11.3 Å². The molecular weight excluding hydrogens is 322 g/mol. The highest BCUT2D eigenvalue weighted by Crippen LogP contribution is 2.21. The van der Waals surface area contributed by atoms with Gasteiger partial charge in [0.2, 0.25) is 0 Å². The molecule has 0 bridgehead atoms. The number of thiophene rings is 1. The smallest absolute Gasteiger partial charge is 0.319 e. The van der Waals surface area contributed by atoms with Gasteiger partial charge in [-0.3, -0.25) is 4.79 Å². The van der Waals surface area contributed by atoms with Gasteiger partial charge in [-0.1, -0.05) is 24.3 Å². The predicted molar refractivity (Wildman–Crippen MR) is 96.5 cm³/mol. The summed E-state index contributed by atoms with van der Waals surface area (Å²) in [5.41, 5.74) is 0.755. The van der Waals surface area contributed by atoms with Gasteiger partial charge in [0.15, 0.2) is 0 Å². The number of para-hydroxylation sites is 1. The molecule has 1 unspecified atom stereocenters. The molecule has 24 heavy (non-hydrogen) atoms. The number of rotatable bonds is 4. The van der Waals surface area contributed by atoms with Crippen LogP contribution in [0.3, 0.4) is 0 Å². The SMILES string of the molecule is O=C(NCC1CCCCN1C(=O)c1cccs1)Nc1ccccc1. The van der Waals surface area contributed by atoms with E-state index in [4.69, 9.17) is 0 Å². The lowest BCUT2D eigenvalue weighted by atomic mass is 10.0. The van der Waals surface area contributed by atoms with Gasteiger partial charge in [-0.05, 0) is 42.8 Å². The van der Waals surface area contributed by atoms with Gasteiger partial charge in [0.05, 0.1) is 4.88 Å². The topological polar surface area (TPSA) is 61.4 Å². The van der Waals surface area contributed by atoms with Crippen molar-refractivity contribution < 1.29 is 9.59 Å². The van der Waals surface area contributed by atoms with Crippen LogP contribution in [0.1, 0.15) is 28.9 Å². The number of benzene rings is 1. The summed E-state index contributed by atoms with van der Waals surface area (Å²) in [6.07, 6.45) is 3.02. The van der Waals surface area contributed by atoms with Crippen LogP contribution in [0.2, 0.25) is 0 Å². The van der Waals surface area contributed by atoms with Gasteiger partial charge in [0, 0.05) is 24.8 Å². The van der Waals surface area contributed by atoms with E-state index in [0.717, 1.165) is 36.4 Å². The molecule has 3 rings (SSSR count). The molecule has 1 aromatic carbocycles. The van der Waals surface area contributed by atoms with Crippen LogP contribution in [0, 0.1) is 0 Å². The number of carbonyl (C=O) groups is 2. The Morgan fingerprint density at radius 3 is 2.71 bits per heavy atom. The highest BCUT2D eigenvalue weighted by atomic mass is 32.1. The zero-order chi connectivity index (χ0) is 16.8. The van der Waals surface area contributed by atoms with Crippen molar-refractivity contribution in [1.29, 1.82) is 0 Å². The average molecular weight is 343 g/mol. The molecule has 1 aliphatic heterocycles. The van der Waals surface area contributed by atoms with Crippen molar-refractivity contribution in [1.82, 2.24) is 10.2 Å². The molecule has 6 heteroatoms. The number of likely N-dealkylation sites (tertiary alicyclic amines) is 1. The third kappa shape index (κ3) is 4.14. The maximum atomic E-state index is 12.6. The van der Waals surface area contributed by atoms with Crippen LogP contribution in [0.25, 0.3) is 0 Å². The van der Waals surface area contributed by atoms with Crippen LogP contribution < -0.4 is 10.6 Å². The molecule has 1 aliphatic rings. The van der Waals surface area contributed by atoms with E-state index < -0.39 is 0 Å². The molecule has 0 saturated carbocycles. The van der Waals surface area contributed by atoms with Crippen LogP contribution in [0.4, 0.5) is 10.5 Å². The summed E-state index contributed by atoms with van der Waals surface area (Å²) in [7, 11) is 0. The minimum Gasteiger partial charge on any atom is -0.336 e. The first kappa shape index (κ1) is 16.5. The molecule has 1 saturated heterocycles. The van der Waals surface area contributed by atoms with E-state index in [1.165, 1.54) is 11.3 Å². The highest BCUT2D eigenvalue weighted by Gasteiger charge is 2.28. The van der Waals surface area contributed by atoms with Gasteiger partial charge in [0.25, 0.3) is 5.91 Å². The van der Waals surface area contributed by atoms with E-state index in [9.17, 15) is 9.59 Å². The molecule has 2 N–H and O–H groups in total. The van der Waals surface area contributed by atoms with Crippen LogP contribution in [0.5, 0.6) is 0 Å². The molecule has 126 valence electrons. The van der Waals surface area contributed by atoms with Crippen LogP contribution in [-0.2, 0) is 0 Å². The monoisotopic (exact) mass is 343 g/mol. The Kier molecular flexibility index (Phi) is 5.48. The maximum absolute atomic E-state index is 12.6. The Balaban J connectivity index is 1.56. The van der Waals surface area contributed by atoms with E-state index >= 15 is 0 Å². The lowest BCUT2D eigenvalue weighted by Gasteiger charge is -2.35. The Labute approximate surface area is 145 Å². The Hall–Kier alpha value is -2.34. The summed E-state index contributed by atoms with van der Waals surface area (Å²) in [5.74, 6) is 0.0694. The van der Waals surface area contributed by atoms with Crippen molar-refractivity contribution in [2.45, 2.75) is 25.3 Å². The Morgan fingerprint density at radius 1 is 1.12 bits per heavy atom. The molecule has 2 aromatic rings. The summed E-state index contributed by atoms with van der Waals surface area (Å²) in [5, 5.41) is 7.61.